The molecule has 1 saturated heterocycles. The molecule has 1 amide bonds. The number of anilines is 1. The van der Waals surface area contributed by atoms with Gasteiger partial charge in [-0.15, -0.1) is 0 Å². The maximum atomic E-state index is 13.5. The maximum absolute atomic E-state index is 13.5. The number of carbonyl (C=O) groups is 1. The minimum absolute atomic E-state index is 0.0208. The Morgan fingerprint density at radius 3 is 3.00 bits per heavy atom. The first-order chi connectivity index (χ1) is 12.5. The molecule has 3 aromatic rings. The van der Waals surface area contributed by atoms with Crippen LogP contribution in [0.1, 0.15) is 29.0 Å². The molecule has 4 rings (SSSR count). The molecule has 1 atom stereocenters. The number of rotatable bonds is 4. The number of ether oxygens (including phenoxy) is 1. The van der Waals surface area contributed by atoms with E-state index in [1.54, 1.807) is 28.8 Å². The minimum atomic E-state index is -0.315. The molecule has 0 saturated carbocycles. The number of nitrogens with zero attached hydrogens (tertiary/aromatic N) is 4. The molecule has 0 aliphatic carbocycles. The van der Waals surface area contributed by atoms with Crippen molar-refractivity contribution >= 4 is 32.6 Å². The van der Waals surface area contributed by atoms with E-state index in [0.29, 0.717) is 34.2 Å². The van der Waals surface area contributed by atoms with Crippen molar-refractivity contribution in [2.75, 3.05) is 18.1 Å². The number of halogens is 1. The smallest absolute Gasteiger partial charge is 0.280 e. The van der Waals surface area contributed by atoms with Crippen LogP contribution in [0.3, 0.4) is 0 Å². The van der Waals surface area contributed by atoms with Crippen molar-refractivity contribution in [2.24, 2.45) is 7.05 Å². The monoisotopic (exact) mass is 374 g/mol. The van der Waals surface area contributed by atoms with Crippen LogP contribution in [0, 0.1) is 12.7 Å². The van der Waals surface area contributed by atoms with Gasteiger partial charge in [-0.1, -0.05) is 11.3 Å². The number of fused-ring (bicyclic) bond motifs is 1. The Hall–Kier alpha value is -2.32. The summed E-state index contributed by atoms with van der Waals surface area (Å²) in [5.74, 6) is -0.534. The van der Waals surface area contributed by atoms with Crippen molar-refractivity contribution in [1.82, 2.24) is 14.8 Å². The van der Waals surface area contributed by atoms with Gasteiger partial charge in [-0.2, -0.15) is 5.10 Å². The highest BCUT2D eigenvalue weighted by Crippen LogP contribution is 2.31. The molecule has 8 heteroatoms. The third kappa shape index (κ3) is 3.22. The largest absolute Gasteiger partial charge is 0.376 e. The fourth-order valence-electron chi connectivity index (χ4n) is 3.04. The van der Waals surface area contributed by atoms with Crippen LogP contribution < -0.4 is 4.90 Å². The van der Waals surface area contributed by atoms with E-state index in [0.717, 1.165) is 18.5 Å². The van der Waals surface area contributed by atoms with Crippen LogP contribution in [0.5, 0.6) is 0 Å². The molecule has 1 aliphatic rings. The molecule has 26 heavy (non-hydrogen) atoms. The number of aromatic nitrogens is 3. The van der Waals surface area contributed by atoms with Gasteiger partial charge in [0.05, 0.1) is 22.9 Å². The van der Waals surface area contributed by atoms with Gasteiger partial charge in [0.1, 0.15) is 5.82 Å². The highest BCUT2D eigenvalue weighted by Gasteiger charge is 2.28. The van der Waals surface area contributed by atoms with Crippen molar-refractivity contribution in [2.45, 2.75) is 25.9 Å². The van der Waals surface area contributed by atoms with Crippen LogP contribution in [0.4, 0.5) is 9.52 Å². The zero-order valence-electron chi connectivity index (χ0n) is 14.6. The minimum Gasteiger partial charge on any atom is -0.376 e. The zero-order chi connectivity index (χ0) is 18.3. The molecule has 1 fully saturated rings. The molecule has 0 unspecified atom stereocenters. The highest BCUT2D eigenvalue weighted by molar-refractivity contribution is 7.22. The number of aryl methyl sites for hydroxylation is 2. The van der Waals surface area contributed by atoms with Crippen LogP contribution in [0.2, 0.25) is 0 Å². The average Bonchev–Trinajstić information content (AvgIpc) is 3.33. The second-order valence-electron chi connectivity index (χ2n) is 6.45. The van der Waals surface area contributed by atoms with E-state index in [1.807, 2.05) is 6.92 Å². The fraction of sp³-hybridized carbons (Fsp3) is 0.389. The molecular formula is C18H19FN4O2S. The van der Waals surface area contributed by atoms with Gasteiger partial charge < -0.3 is 4.74 Å². The maximum Gasteiger partial charge on any atom is 0.280 e. The van der Waals surface area contributed by atoms with E-state index < -0.39 is 0 Å². The normalized spacial score (nSPS) is 17.1. The average molecular weight is 374 g/mol. The molecule has 1 aromatic carbocycles. The lowest BCUT2D eigenvalue weighted by atomic mass is 10.2. The van der Waals surface area contributed by atoms with E-state index >= 15 is 0 Å². The number of hydrogen-bond donors (Lipinski definition) is 0. The quantitative estimate of drug-likeness (QED) is 0.703. The summed E-state index contributed by atoms with van der Waals surface area (Å²) in [5, 5.41) is 4.84. The van der Waals surface area contributed by atoms with Crippen LogP contribution in [0.25, 0.3) is 10.2 Å². The van der Waals surface area contributed by atoms with Crippen LogP contribution >= 0.6 is 11.3 Å². The second-order valence-corrected chi connectivity index (χ2v) is 7.46. The molecular weight excluding hydrogens is 355 g/mol. The predicted octanol–water partition coefficient (Wildman–Crippen LogP) is 3.30. The summed E-state index contributed by atoms with van der Waals surface area (Å²) in [6.45, 7) is 3.02. The van der Waals surface area contributed by atoms with Crippen molar-refractivity contribution in [3.8, 4) is 0 Å². The van der Waals surface area contributed by atoms with E-state index in [4.69, 9.17) is 4.74 Å². The predicted molar refractivity (Wildman–Crippen MR) is 98.2 cm³/mol. The molecule has 3 heterocycles. The SMILES string of the molecule is Cc1cc(C(=O)N(C[C@@H]2CCCO2)c2nc3ccc(F)cc3s2)nn1C. The van der Waals surface area contributed by atoms with E-state index in [9.17, 15) is 9.18 Å². The van der Waals surface area contributed by atoms with Gasteiger partial charge in [0.15, 0.2) is 10.8 Å². The molecule has 0 spiro atoms. The Morgan fingerprint density at radius 2 is 2.31 bits per heavy atom. The van der Waals surface area contributed by atoms with Crippen molar-refractivity contribution < 1.29 is 13.9 Å². The number of benzene rings is 1. The Kier molecular flexibility index (Phi) is 4.46. The van der Waals surface area contributed by atoms with E-state index in [2.05, 4.69) is 10.1 Å². The summed E-state index contributed by atoms with van der Waals surface area (Å²) in [5.41, 5.74) is 1.94. The number of hydrogen-bond acceptors (Lipinski definition) is 5. The standard InChI is InChI=1S/C18H19FN4O2S/c1-11-8-15(21-22(11)2)17(24)23(10-13-4-3-7-25-13)18-20-14-6-5-12(19)9-16(14)26-18/h5-6,8-9,13H,3-4,7,10H2,1-2H3/t13-/m0/s1. The van der Waals surface area contributed by atoms with Gasteiger partial charge in [0, 0.05) is 19.3 Å². The second kappa shape index (κ2) is 6.77. The van der Waals surface area contributed by atoms with Gasteiger partial charge in [-0.3, -0.25) is 14.4 Å². The lowest BCUT2D eigenvalue weighted by molar-refractivity contribution is 0.0913. The van der Waals surface area contributed by atoms with Crippen molar-refractivity contribution in [3.63, 3.8) is 0 Å². The first kappa shape index (κ1) is 17.1. The first-order valence-corrected chi connectivity index (χ1v) is 9.33. The molecule has 0 bridgehead atoms. The molecule has 1 aliphatic heterocycles. The van der Waals surface area contributed by atoms with Gasteiger partial charge in [0.25, 0.3) is 5.91 Å². The summed E-state index contributed by atoms with van der Waals surface area (Å²) < 4.78 is 21.6. The number of thiazole rings is 1. The number of amides is 1. The van der Waals surface area contributed by atoms with Gasteiger partial charge in [0.2, 0.25) is 0 Å². The Bertz CT molecular complexity index is 942. The van der Waals surface area contributed by atoms with Gasteiger partial charge >= 0.3 is 0 Å². The van der Waals surface area contributed by atoms with E-state index in [-0.39, 0.29) is 17.8 Å². The summed E-state index contributed by atoms with van der Waals surface area (Å²) in [4.78, 5) is 19.3. The Morgan fingerprint density at radius 1 is 1.46 bits per heavy atom. The van der Waals surface area contributed by atoms with Crippen molar-refractivity contribution in [1.29, 1.82) is 0 Å². The molecule has 0 N–H and O–H groups in total. The number of carbonyl (C=O) groups excluding carboxylic acids is 1. The summed E-state index contributed by atoms with van der Waals surface area (Å²) in [6, 6.07) is 6.21. The molecule has 2 aromatic heterocycles. The fourth-order valence-corrected chi connectivity index (χ4v) is 4.04. The zero-order valence-corrected chi connectivity index (χ0v) is 15.4. The Labute approximate surface area is 154 Å². The Balaban J connectivity index is 1.72. The molecule has 6 nitrogen and oxygen atoms in total. The highest BCUT2D eigenvalue weighted by atomic mass is 32.1. The first-order valence-electron chi connectivity index (χ1n) is 8.51. The lowest BCUT2D eigenvalue weighted by Gasteiger charge is -2.22. The van der Waals surface area contributed by atoms with Crippen LogP contribution in [-0.4, -0.2) is 39.9 Å². The van der Waals surface area contributed by atoms with Crippen LogP contribution in [-0.2, 0) is 11.8 Å². The third-order valence-electron chi connectivity index (χ3n) is 4.56. The molecule has 0 radical (unpaired) electrons. The van der Waals surface area contributed by atoms with Crippen molar-refractivity contribution in [3.05, 3.63) is 41.5 Å². The topological polar surface area (TPSA) is 60.3 Å². The summed E-state index contributed by atoms with van der Waals surface area (Å²) in [7, 11) is 1.80. The summed E-state index contributed by atoms with van der Waals surface area (Å²) >= 11 is 1.30. The van der Waals surface area contributed by atoms with E-state index in [1.165, 1.54) is 23.5 Å². The molecule has 136 valence electrons. The van der Waals surface area contributed by atoms with Gasteiger partial charge in [-0.05, 0) is 44.0 Å². The third-order valence-corrected chi connectivity index (χ3v) is 5.60. The summed E-state index contributed by atoms with van der Waals surface area (Å²) in [6.07, 6.45) is 1.87. The van der Waals surface area contributed by atoms with Crippen LogP contribution in [0.15, 0.2) is 24.3 Å². The van der Waals surface area contributed by atoms with Gasteiger partial charge in [-0.25, -0.2) is 9.37 Å². The lowest BCUT2D eigenvalue weighted by Crippen LogP contribution is -2.37.